The van der Waals surface area contributed by atoms with Gasteiger partial charge in [0.05, 0.1) is 22.8 Å². The van der Waals surface area contributed by atoms with Crippen LogP contribution < -0.4 is 9.46 Å². The predicted molar refractivity (Wildman–Crippen MR) is 118 cm³/mol. The van der Waals surface area contributed by atoms with Gasteiger partial charge in [-0.3, -0.25) is 4.72 Å². The fraction of sp³-hybridized carbons (Fsp3) is 0.125. The van der Waals surface area contributed by atoms with Crippen molar-refractivity contribution in [2.24, 2.45) is 0 Å². The van der Waals surface area contributed by atoms with Gasteiger partial charge in [0.2, 0.25) is 0 Å². The Morgan fingerprint density at radius 1 is 1.00 bits per heavy atom. The summed E-state index contributed by atoms with van der Waals surface area (Å²) in [5, 5.41) is 9.82. The van der Waals surface area contributed by atoms with Crippen molar-refractivity contribution in [1.29, 1.82) is 5.26 Å². The zero-order chi connectivity index (χ0) is 21.4. The van der Waals surface area contributed by atoms with E-state index in [1.165, 1.54) is 12.1 Å². The molecule has 6 heteroatoms. The number of nitrogens with one attached hydrogen (secondary N) is 1. The molecule has 30 heavy (non-hydrogen) atoms. The highest BCUT2D eigenvalue weighted by molar-refractivity contribution is 7.92. The second kappa shape index (κ2) is 9.77. The molecular formula is C24H22N2O3S. The lowest BCUT2D eigenvalue weighted by molar-refractivity contribution is 0.288. The molecule has 1 atom stereocenters. The van der Waals surface area contributed by atoms with E-state index in [-0.39, 0.29) is 22.1 Å². The van der Waals surface area contributed by atoms with E-state index in [0.29, 0.717) is 18.6 Å². The maximum atomic E-state index is 12.7. The topological polar surface area (TPSA) is 79.2 Å². The van der Waals surface area contributed by atoms with Crippen molar-refractivity contribution in [3.63, 3.8) is 0 Å². The second-order valence-corrected chi connectivity index (χ2v) is 8.33. The summed E-state index contributed by atoms with van der Waals surface area (Å²) in [7, 11) is -3.81. The zero-order valence-electron chi connectivity index (χ0n) is 16.4. The van der Waals surface area contributed by atoms with E-state index in [0.717, 1.165) is 5.75 Å². The van der Waals surface area contributed by atoms with Crippen molar-refractivity contribution >= 4 is 15.7 Å². The molecule has 152 valence electrons. The van der Waals surface area contributed by atoms with Gasteiger partial charge in [-0.15, -0.1) is 6.58 Å². The molecule has 5 nitrogen and oxygen atoms in total. The first-order valence-corrected chi connectivity index (χ1v) is 10.9. The molecule has 0 aliphatic rings. The summed E-state index contributed by atoms with van der Waals surface area (Å²) >= 11 is 0. The van der Waals surface area contributed by atoms with E-state index >= 15 is 0 Å². The number of benzene rings is 3. The number of nitrogens with zero attached hydrogens (tertiary/aromatic N) is 1. The van der Waals surface area contributed by atoms with Gasteiger partial charge in [0.15, 0.2) is 0 Å². The predicted octanol–water partition coefficient (Wildman–Crippen LogP) is 5.10. The molecule has 0 aromatic heterocycles. The Hall–Kier alpha value is -3.56. The van der Waals surface area contributed by atoms with E-state index in [4.69, 9.17) is 4.74 Å². The lowest BCUT2D eigenvalue weighted by atomic mass is 9.91. The Kier molecular flexibility index (Phi) is 6.89. The number of nitriles is 1. The molecule has 0 spiro atoms. The van der Waals surface area contributed by atoms with Crippen LogP contribution in [0.15, 0.2) is 96.4 Å². The van der Waals surface area contributed by atoms with E-state index in [1.54, 1.807) is 36.4 Å². The number of allylic oxidation sites excluding steroid dienone is 1. The maximum absolute atomic E-state index is 12.7. The Morgan fingerprint density at radius 2 is 1.67 bits per heavy atom. The minimum absolute atomic E-state index is 0.134. The summed E-state index contributed by atoms with van der Waals surface area (Å²) in [6.45, 7) is 4.14. The van der Waals surface area contributed by atoms with Gasteiger partial charge in [0.25, 0.3) is 10.0 Å². The van der Waals surface area contributed by atoms with Crippen LogP contribution in [0.4, 0.5) is 5.69 Å². The first-order valence-electron chi connectivity index (χ1n) is 9.45. The SMILES string of the molecule is C=CCC(COc1ccccc1)c1cccc(NS(=O)(=O)c2ccccc2)c1C#N. The molecule has 1 N–H and O–H groups in total. The van der Waals surface area contributed by atoms with Crippen LogP contribution in [0.2, 0.25) is 0 Å². The van der Waals surface area contributed by atoms with Crippen LogP contribution in [0.1, 0.15) is 23.5 Å². The number of sulfonamides is 1. The van der Waals surface area contributed by atoms with Crippen molar-refractivity contribution in [3.05, 3.63) is 103 Å². The van der Waals surface area contributed by atoms with E-state index in [9.17, 15) is 13.7 Å². The van der Waals surface area contributed by atoms with Gasteiger partial charge in [-0.1, -0.05) is 54.6 Å². The minimum atomic E-state index is -3.81. The maximum Gasteiger partial charge on any atom is 0.261 e. The largest absolute Gasteiger partial charge is 0.493 e. The van der Waals surface area contributed by atoms with Gasteiger partial charge in [-0.05, 0) is 42.3 Å². The van der Waals surface area contributed by atoms with E-state index < -0.39 is 10.0 Å². The monoisotopic (exact) mass is 418 g/mol. The molecule has 0 heterocycles. The van der Waals surface area contributed by atoms with E-state index in [1.807, 2.05) is 36.4 Å². The Balaban J connectivity index is 1.91. The molecule has 3 rings (SSSR count). The average molecular weight is 419 g/mol. The van der Waals surface area contributed by atoms with Crippen LogP contribution >= 0.6 is 0 Å². The van der Waals surface area contributed by atoms with Crippen molar-refractivity contribution in [2.75, 3.05) is 11.3 Å². The third-order valence-electron chi connectivity index (χ3n) is 4.59. The number of anilines is 1. The van der Waals surface area contributed by atoms with Crippen LogP contribution in [0.3, 0.4) is 0 Å². The van der Waals surface area contributed by atoms with Crippen LogP contribution in [0, 0.1) is 11.3 Å². The molecule has 0 bridgehead atoms. The van der Waals surface area contributed by atoms with Gasteiger partial charge in [0.1, 0.15) is 11.8 Å². The molecule has 3 aromatic rings. The van der Waals surface area contributed by atoms with Crippen LogP contribution in [0.25, 0.3) is 0 Å². The molecule has 1 unspecified atom stereocenters. The molecule has 0 saturated heterocycles. The van der Waals surface area contributed by atoms with Crippen LogP contribution in [-0.2, 0) is 10.0 Å². The van der Waals surface area contributed by atoms with Crippen molar-refractivity contribution in [2.45, 2.75) is 17.2 Å². The lowest BCUT2D eigenvalue weighted by Crippen LogP contribution is -2.16. The smallest absolute Gasteiger partial charge is 0.261 e. The van der Waals surface area contributed by atoms with Crippen LogP contribution in [0.5, 0.6) is 5.75 Å². The highest BCUT2D eigenvalue weighted by Gasteiger charge is 2.21. The Bertz CT molecular complexity index is 1140. The summed E-state index contributed by atoms with van der Waals surface area (Å²) in [6, 6.07) is 24.8. The molecular weight excluding hydrogens is 396 g/mol. The van der Waals surface area contributed by atoms with Gasteiger partial charge in [0, 0.05) is 5.92 Å². The fourth-order valence-corrected chi connectivity index (χ4v) is 4.22. The minimum Gasteiger partial charge on any atom is -0.493 e. The molecule has 0 aliphatic carbocycles. The molecule has 0 radical (unpaired) electrons. The lowest BCUT2D eigenvalue weighted by Gasteiger charge is -2.20. The summed E-state index contributed by atoms with van der Waals surface area (Å²) in [4.78, 5) is 0.134. The molecule has 0 aliphatic heterocycles. The molecule has 0 amide bonds. The van der Waals surface area contributed by atoms with E-state index in [2.05, 4.69) is 17.4 Å². The van der Waals surface area contributed by atoms with Gasteiger partial charge >= 0.3 is 0 Å². The number of hydrogen-bond acceptors (Lipinski definition) is 4. The summed E-state index contributed by atoms with van der Waals surface area (Å²) in [5.41, 5.74) is 1.23. The zero-order valence-corrected chi connectivity index (χ0v) is 17.2. The first-order chi connectivity index (χ1) is 14.5. The van der Waals surface area contributed by atoms with Gasteiger partial charge < -0.3 is 4.74 Å². The van der Waals surface area contributed by atoms with Gasteiger partial charge in [-0.25, -0.2) is 8.42 Å². The van der Waals surface area contributed by atoms with Crippen molar-refractivity contribution in [1.82, 2.24) is 0 Å². The Labute approximate surface area is 177 Å². The Morgan fingerprint density at radius 3 is 2.30 bits per heavy atom. The second-order valence-electron chi connectivity index (χ2n) is 6.65. The summed E-state index contributed by atoms with van der Waals surface area (Å²) in [6.07, 6.45) is 2.34. The fourth-order valence-electron chi connectivity index (χ4n) is 3.12. The summed E-state index contributed by atoms with van der Waals surface area (Å²) in [5.74, 6) is 0.574. The van der Waals surface area contributed by atoms with Crippen LogP contribution in [-0.4, -0.2) is 15.0 Å². The summed E-state index contributed by atoms with van der Waals surface area (Å²) < 4.78 is 33.9. The first kappa shape index (κ1) is 21.2. The third-order valence-corrected chi connectivity index (χ3v) is 5.97. The highest BCUT2D eigenvalue weighted by atomic mass is 32.2. The van der Waals surface area contributed by atoms with Gasteiger partial charge in [-0.2, -0.15) is 5.26 Å². The number of ether oxygens (including phenoxy) is 1. The number of para-hydroxylation sites is 1. The average Bonchev–Trinajstić information content (AvgIpc) is 2.77. The molecule has 0 fully saturated rings. The third kappa shape index (κ3) is 5.07. The number of hydrogen-bond donors (Lipinski definition) is 1. The van der Waals surface area contributed by atoms with Crippen molar-refractivity contribution < 1.29 is 13.2 Å². The molecule has 0 saturated carbocycles. The standard InChI is InChI=1S/C24H22N2O3S/c1-2-10-19(18-29-20-11-5-3-6-12-20)22-15-9-16-24(23(22)17-25)26-30(27,28)21-13-7-4-8-14-21/h2-9,11-16,19,26H,1,10,18H2. The highest BCUT2D eigenvalue weighted by Crippen LogP contribution is 2.30. The number of rotatable bonds is 9. The molecule has 3 aromatic carbocycles. The normalized spacial score (nSPS) is 11.8. The van der Waals surface area contributed by atoms with Crippen molar-refractivity contribution in [3.8, 4) is 11.8 Å². The quantitative estimate of drug-likeness (QED) is 0.491.